The normalized spacial score (nSPS) is 21.2. The summed E-state index contributed by atoms with van der Waals surface area (Å²) in [5, 5.41) is 3.34. The summed E-state index contributed by atoms with van der Waals surface area (Å²) in [5.74, 6) is 0.238. The fraction of sp³-hybridized carbons (Fsp3) is 0.529. The SMILES string of the molecule is CC1CCC(OC(=O)CCC(=O)Nc2ccc(Cl)cc2)CC1. The van der Waals surface area contributed by atoms with Gasteiger partial charge in [0.15, 0.2) is 0 Å². The van der Waals surface area contributed by atoms with E-state index in [0.29, 0.717) is 10.7 Å². The Morgan fingerprint density at radius 3 is 2.41 bits per heavy atom. The molecule has 2 rings (SSSR count). The average Bonchev–Trinajstić information content (AvgIpc) is 2.50. The number of carbonyl (C=O) groups excluding carboxylic acids is 2. The van der Waals surface area contributed by atoms with Crippen molar-refractivity contribution >= 4 is 29.2 Å². The first kappa shape index (κ1) is 16.8. The molecule has 1 saturated carbocycles. The van der Waals surface area contributed by atoms with E-state index >= 15 is 0 Å². The van der Waals surface area contributed by atoms with Crippen molar-refractivity contribution < 1.29 is 14.3 Å². The van der Waals surface area contributed by atoms with Crippen LogP contribution in [-0.4, -0.2) is 18.0 Å². The van der Waals surface area contributed by atoms with Crippen LogP contribution in [0.4, 0.5) is 5.69 Å². The van der Waals surface area contributed by atoms with Gasteiger partial charge in [-0.2, -0.15) is 0 Å². The van der Waals surface area contributed by atoms with Crippen LogP contribution in [0.5, 0.6) is 0 Å². The fourth-order valence-electron chi connectivity index (χ4n) is 2.56. The maximum Gasteiger partial charge on any atom is 0.306 e. The van der Waals surface area contributed by atoms with Crippen LogP contribution in [0.3, 0.4) is 0 Å². The van der Waals surface area contributed by atoms with Gasteiger partial charge in [-0.05, 0) is 55.9 Å². The molecule has 0 unspecified atom stereocenters. The van der Waals surface area contributed by atoms with Crippen LogP contribution in [0, 0.1) is 5.92 Å². The lowest BCUT2D eigenvalue weighted by Crippen LogP contribution is -2.24. The van der Waals surface area contributed by atoms with Gasteiger partial charge in [-0.15, -0.1) is 0 Å². The first-order valence-corrected chi connectivity index (χ1v) is 8.15. The van der Waals surface area contributed by atoms with Crippen molar-refractivity contribution in [3.8, 4) is 0 Å². The molecule has 120 valence electrons. The van der Waals surface area contributed by atoms with E-state index in [1.54, 1.807) is 24.3 Å². The average molecular weight is 324 g/mol. The molecule has 1 aromatic carbocycles. The predicted molar refractivity (Wildman–Crippen MR) is 86.8 cm³/mol. The fourth-order valence-corrected chi connectivity index (χ4v) is 2.69. The van der Waals surface area contributed by atoms with Crippen LogP contribution >= 0.6 is 11.6 Å². The molecule has 0 spiro atoms. The molecule has 5 heteroatoms. The Morgan fingerprint density at radius 2 is 1.77 bits per heavy atom. The highest BCUT2D eigenvalue weighted by Gasteiger charge is 2.21. The monoisotopic (exact) mass is 323 g/mol. The van der Waals surface area contributed by atoms with Crippen molar-refractivity contribution in [2.24, 2.45) is 5.92 Å². The summed E-state index contributed by atoms with van der Waals surface area (Å²) in [6.07, 6.45) is 4.36. The van der Waals surface area contributed by atoms with E-state index in [0.717, 1.165) is 31.6 Å². The highest BCUT2D eigenvalue weighted by Crippen LogP contribution is 2.25. The topological polar surface area (TPSA) is 55.4 Å². The molecule has 1 fully saturated rings. The minimum Gasteiger partial charge on any atom is -0.462 e. The third-order valence-corrected chi connectivity index (χ3v) is 4.20. The predicted octanol–water partition coefficient (Wildman–Crippen LogP) is 4.18. The lowest BCUT2D eigenvalue weighted by atomic mass is 9.89. The second-order valence-electron chi connectivity index (χ2n) is 5.93. The molecule has 1 amide bonds. The Balaban J connectivity index is 1.67. The Hall–Kier alpha value is -1.55. The number of hydrogen-bond acceptors (Lipinski definition) is 3. The first-order valence-electron chi connectivity index (χ1n) is 7.78. The van der Waals surface area contributed by atoms with Gasteiger partial charge in [0, 0.05) is 17.1 Å². The Kier molecular flexibility index (Phi) is 6.25. The summed E-state index contributed by atoms with van der Waals surface area (Å²) in [7, 11) is 0. The number of esters is 1. The van der Waals surface area contributed by atoms with Crippen molar-refractivity contribution in [1.82, 2.24) is 0 Å². The number of hydrogen-bond donors (Lipinski definition) is 1. The van der Waals surface area contributed by atoms with Gasteiger partial charge in [-0.3, -0.25) is 9.59 Å². The van der Waals surface area contributed by atoms with Gasteiger partial charge in [0.1, 0.15) is 6.10 Å². The van der Waals surface area contributed by atoms with Crippen molar-refractivity contribution in [2.75, 3.05) is 5.32 Å². The van der Waals surface area contributed by atoms with E-state index in [9.17, 15) is 9.59 Å². The standard InChI is InChI=1S/C17H22ClNO3/c1-12-2-8-15(9-3-12)22-17(21)11-10-16(20)19-14-6-4-13(18)5-7-14/h4-7,12,15H,2-3,8-11H2,1H3,(H,19,20). The minimum absolute atomic E-state index is 0.0306. The van der Waals surface area contributed by atoms with Gasteiger partial charge in [-0.25, -0.2) is 0 Å². The number of halogens is 1. The van der Waals surface area contributed by atoms with Crippen LogP contribution in [0.2, 0.25) is 5.02 Å². The minimum atomic E-state index is -0.286. The number of anilines is 1. The first-order chi connectivity index (χ1) is 10.5. The number of carbonyl (C=O) groups is 2. The highest BCUT2D eigenvalue weighted by molar-refractivity contribution is 6.30. The van der Waals surface area contributed by atoms with Gasteiger partial charge < -0.3 is 10.1 Å². The molecule has 1 aliphatic carbocycles. The number of nitrogens with one attached hydrogen (secondary N) is 1. The number of ether oxygens (including phenoxy) is 1. The van der Waals surface area contributed by atoms with Crippen LogP contribution < -0.4 is 5.32 Å². The van der Waals surface area contributed by atoms with Crippen LogP contribution in [0.1, 0.15) is 45.4 Å². The van der Waals surface area contributed by atoms with Crippen molar-refractivity contribution in [2.45, 2.75) is 51.6 Å². The molecule has 0 saturated heterocycles. The zero-order valence-corrected chi connectivity index (χ0v) is 13.6. The Labute approximate surface area is 136 Å². The van der Waals surface area contributed by atoms with Crippen LogP contribution in [0.15, 0.2) is 24.3 Å². The molecule has 1 N–H and O–H groups in total. The van der Waals surface area contributed by atoms with Gasteiger partial charge in [-0.1, -0.05) is 18.5 Å². The molecule has 0 atom stereocenters. The maximum absolute atomic E-state index is 11.8. The zero-order valence-electron chi connectivity index (χ0n) is 12.8. The molecule has 22 heavy (non-hydrogen) atoms. The molecule has 1 aliphatic rings. The van der Waals surface area contributed by atoms with E-state index < -0.39 is 0 Å². The molecule has 0 aliphatic heterocycles. The molecule has 1 aromatic rings. The van der Waals surface area contributed by atoms with E-state index in [2.05, 4.69) is 12.2 Å². The smallest absolute Gasteiger partial charge is 0.306 e. The number of amides is 1. The van der Waals surface area contributed by atoms with Gasteiger partial charge in [0.25, 0.3) is 0 Å². The number of rotatable bonds is 5. The van der Waals surface area contributed by atoms with Gasteiger partial charge in [0.2, 0.25) is 5.91 Å². The van der Waals surface area contributed by atoms with Gasteiger partial charge >= 0.3 is 5.97 Å². The van der Waals surface area contributed by atoms with E-state index in [4.69, 9.17) is 16.3 Å². The highest BCUT2D eigenvalue weighted by atomic mass is 35.5. The third-order valence-electron chi connectivity index (χ3n) is 3.95. The zero-order chi connectivity index (χ0) is 15.9. The molecule has 0 aromatic heterocycles. The summed E-state index contributed by atoms with van der Waals surface area (Å²) < 4.78 is 5.42. The van der Waals surface area contributed by atoms with E-state index in [-0.39, 0.29) is 30.8 Å². The molecule has 0 radical (unpaired) electrons. The molecule has 0 heterocycles. The van der Waals surface area contributed by atoms with Crippen molar-refractivity contribution in [3.05, 3.63) is 29.3 Å². The molecular formula is C17H22ClNO3. The maximum atomic E-state index is 11.8. The number of benzene rings is 1. The summed E-state index contributed by atoms with van der Waals surface area (Å²) in [6, 6.07) is 6.86. The third kappa shape index (κ3) is 5.68. The second kappa shape index (κ2) is 8.18. The van der Waals surface area contributed by atoms with Crippen molar-refractivity contribution in [3.63, 3.8) is 0 Å². The lowest BCUT2D eigenvalue weighted by Gasteiger charge is -2.25. The van der Waals surface area contributed by atoms with Gasteiger partial charge in [0.05, 0.1) is 6.42 Å². The summed E-state index contributed by atoms with van der Waals surface area (Å²) in [5.41, 5.74) is 0.670. The summed E-state index contributed by atoms with van der Waals surface area (Å²) in [6.45, 7) is 2.22. The largest absolute Gasteiger partial charge is 0.462 e. The Bertz CT molecular complexity index is 507. The van der Waals surface area contributed by atoms with Crippen molar-refractivity contribution in [1.29, 1.82) is 0 Å². The summed E-state index contributed by atoms with van der Waals surface area (Å²) in [4.78, 5) is 23.6. The Morgan fingerprint density at radius 1 is 1.14 bits per heavy atom. The quantitative estimate of drug-likeness (QED) is 0.827. The summed E-state index contributed by atoms with van der Waals surface area (Å²) >= 11 is 5.78. The lowest BCUT2D eigenvalue weighted by molar-refractivity contribution is -0.151. The second-order valence-corrected chi connectivity index (χ2v) is 6.36. The molecule has 4 nitrogen and oxygen atoms in total. The van der Waals surface area contributed by atoms with Crippen LogP contribution in [0.25, 0.3) is 0 Å². The van der Waals surface area contributed by atoms with E-state index in [1.807, 2.05) is 0 Å². The molecular weight excluding hydrogens is 302 g/mol. The van der Waals surface area contributed by atoms with Crippen LogP contribution in [-0.2, 0) is 14.3 Å². The van der Waals surface area contributed by atoms with E-state index in [1.165, 1.54) is 0 Å². The molecule has 0 bridgehead atoms.